The number of amides is 1. The molecule has 1 amide bonds. The van der Waals surface area contributed by atoms with Crippen LogP contribution in [0.25, 0.3) is 0 Å². The molecule has 0 radical (unpaired) electrons. The Morgan fingerprint density at radius 2 is 2.10 bits per heavy atom. The van der Waals surface area contributed by atoms with Gasteiger partial charge in [-0.15, -0.1) is 0 Å². The average Bonchev–Trinajstić information content (AvgIpc) is 2.59. The van der Waals surface area contributed by atoms with Gasteiger partial charge in [-0.25, -0.2) is 4.79 Å². The molecule has 0 saturated carbocycles. The van der Waals surface area contributed by atoms with Gasteiger partial charge in [0.15, 0.2) is 0 Å². The number of ether oxygens (including phenoxy) is 1. The van der Waals surface area contributed by atoms with Gasteiger partial charge in [-0.3, -0.25) is 4.79 Å². The first kappa shape index (κ1) is 16.7. The van der Waals surface area contributed by atoms with Crippen LogP contribution in [0.1, 0.15) is 6.42 Å². The van der Waals surface area contributed by atoms with Crippen molar-refractivity contribution in [3.05, 3.63) is 0 Å². The van der Waals surface area contributed by atoms with E-state index in [9.17, 15) is 18.0 Å². The van der Waals surface area contributed by atoms with Crippen molar-refractivity contribution in [3.63, 3.8) is 0 Å². The first-order valence-electron chi connectivity index (χ1n) is 6.00. The molecule has 0 aromatic heterocycles. The highest BCUT2D eigenvalue weighted by Crippen LogP contribution is 2.10. The van der Waals surface area contributed by atoms with E-state index < -0.39 is 28.3 Å². The van der Waals surface area contributed by atoms with E-state index >= 15 is 0 Å². The summed E-state index contributed by atoms with van der Waals surface area (Å²) < 4.78 is 31.8. The van der Waals surface area contributed by atoms with Gasteiger partial charge in [0, 0.05) is 0 Å². The highest BCUT2D eigenvalue weighted by molar-refractivity contribution is 7.87. The number of hydrogen-bond acceptors (Lipinski definition) is 5. The molecule has 0 spiro atoms. The molecule has 1 heterocycles. The zero-order valence-electron chi connectivity index (χ0n) is 11.7. The number of likely N-dealkylation sites (N-methyl/N-ethyl adjacent to an activating group) is 1. The fourth-order valence-electron chi connectivity index (χ4n) is 1.89. The lowest BCUT2D eigenvalue weighted by Crippen LogP contribution is -2.53. The van der Waals surface area contributed by atoms with Crippen LogP contribution in [0.3, 0.4) is 0 Å². The Labute approximate surface area is 117 Å². The summed E-state index contributed by atoms with van der Waals surface area (Å²) in [5.74, 6) is -1.12. The van der Waals surface area contributed by atoms with E-state index in [0.717, 1.165) is 0 Å². The number of aliphatic carboxylic acids is 1. The Kier molecular flexibility index (Phi) is 4.95. The van der Waals surface area contributed by atoms with E-state index in [1.54, 1.807) is 0 Å². The number of cyclic esters (lactones) is 1. The molecule has 1 atom stereocenters. The minimum atomic E-state index is -4.09. The molecule has 1 aliphatic rings. The molecule has 20 heavy (non-hydrogen) atoms. The van der Waals surface area contributed by atoms with Crippen LogP contribution >= 0.6 is 0 Å². The monoisotopic (exact) mass is 310 g/mol. The second kappa shape index (κ2) is 5.94. The van der Waals surface area contributed by atoms with Crippen molar-refractivity contribution in [2.75, 3.05) is 40.8 Å². The van der Waals surface area contributed by atoms with Gasteiger partial charge in [-0.2, -0.15) is 17.4 Å². The largest absolute Gasteiger partial charge is 0.481 e. The Morgan fingerprint density at radius 3 is 2.50 bits per heavy atom. The van der Waals surface area contributed by atoms with Crippen LogP contribution in [-0.4, -0.2) is 81.3 Å². The van der Waals surface area contributed by atoms with Gasteiger partial charge in [0.05, 0.1) is 46.7 Å². The van der Waals surface area contributed by atoms with E-state index in [-0.39, 0.29) is 26.1 Å². The fourth-order valence-corrected chi connectivity index (χ4v) is 3.16. The number of hydrogen-bond donors (Lipinski definition) is 2. The molecule has 0 aromatic carbocycles. The predicted molar refractivity (Wildman–Crippen MR) is 69.0 cm³/mol. The lowest BCUT2D eigenvalue weighted by molar-refractivity contribution is -0.871. The number of nitrogens with zero attached hydrogens (tertiary/aromatic N) is 2. The third-order valence-corrected chi connectivity index (χ3v) is 4.06. The molecule has 9 nitrogen and oxygen atoms in total. The number of quaternary nitrogens is 1. The molecule has 0 aromatic rings. The Bertz CT molecular complexity index is 484. The van der Waals surface area contributed by atoms with E-state index in [1.807, 2.05) is 21.1 Å². The maximum atomic E-state index is 12.0. The third kappa shape index (κ3) is 4.94. The molecule has 0 bridgehead atoms. The fraction of sp³-hybridized carbons (Fsp3) is 0.800. The van der Waals surface area contributed by atoms with Gasteiger partial charge in [0.1, 0.15) is 6.61 Å². The van der Waals surface area contributed by atoms with E-state index in [2.05, 4.69) is 9.46 Å². The van der Waals surface area contributed by atoms with Crippen LogP contribution in [0.15, 0.2) is 0 Å². The highest BCUT2D eigenvalue weighted by Gasteiger charge is 2.36. The third-order valence-electron chi connectivity index (χ3n) is 2.52. The SMILES string of the molecule is C[N+](C)(C)C[C@@H](CC(=O)O)NS(=O)(=O)N1CCOC1=O. The van der Waals surface area contributed by atoms with Crippen LogP contribution < -0.4 is 4.72 Å². The normalized spacial score (nSPS) is 17.9. The molecule has 1 fully saturated rings. The Hall–Kier alpha value is -1.39. The molecule has 1 saturated heterocycles. The summed E-state index contributed by atoms with van der Waals surface area (Å²) in [6.45, 7) is 0.200. The minimum Gasteiger partial charge on any atom is -0.481 e. The predicted octanol–water partition coefficient (Wildman–Crippen LogP) is -1.18. The number of carboxylic acid groups (broad SMARTS) is 1. The number of carbonyl (C=O) groups is 2. The van der Waals surface area contributed by atoms with Crippen LogP contribution in [0, 0.1) is 0 Å². The molecule has 1 aliphatic heterocycles. The maximum absolute atomic E-state index is 12.0. The number of carboxylic acids is 1. The van der Waals surface area contributed by atoms with Crippen LogP contribution in [-0.2, 0) is 19.7 Å². The molecule has 10 heteroatoms. The molecule has 0 unspecified atom stereocenters. The Morgan fingerprint density at radius 1 is 1.50 bits per heavy atom. The molecule has 116 valence electrons. The molecular weight excluding hydrogens is 290 g/mol. The van der Waals surface area contributed by atoms with Crippen molar-refractivity contribution in [2.45, 2.75) is 12.5 Å². The molecule has 1 rings (SSSR count). The summed E-state index contributed by atoms with van der Waals surface area (Å²) in [5, 5.41) is 8.85. The summed E-state index contributed by atoms with van der Waals surface area (Å²) in [4.78, 5) is 22.1. The van der Waals surface area contributed by atoms with E-state index in [4.69, 9.17) is 5.11 Å². The van der Waals surface area contributed by atoms with Crippen molar-refractivity contribution in [1.29, 1.82) is 0 Å². The first-order chi connectivity index (χ1) is 9.01. The van der Waals surface area contributed by atoms with Gasteiger partial charge in [-0.05, 0) is 0 Å². The number of rotatable bonds is 7. The van der Waals surface area contributed by atoms with Crippen molar-refractivity contribution in [3.8, 4) is 0 Å². The van der Waals surface area contributed by atoms with Gasteiger partial charge in [0.25, 0.3) is 0 Å². The second-order valence-electron chi connectivity index (χ2n) is 5.58. The van der Waals surface area contributed by atoms with Gasteiger partial charge in [-0.1, -0.05) is 0 Å². The molecular formula is C10H20N3O6S+. The average molecular weight is 310 g/mol. The quantitative estimate of drug-likeness (QED) is 0.572. The van der Waals surface area contributed by atoms with Crippen molar-refractivity contribution in [1.82, 2.24) is 9.03 Å². The lowest BCUT2D eigenvalue weighted by Gasteiger charge is -2.29. The van der Waals surface area contributed by atoms with Gasteiger partial charge < -0.3 is 14.3 Å². The summed E-state index contributed by atoms with van der Waals surface area (Å²) in [6, 6.07) is -0.814. The first-order valence-corrected chi connectivity index (χ1v) is 7.44. The number of nitrogens with one attached hydrogen (secondary N) is 1. The zero-order valence-corrected chi connectivity index (χ0v) is 12.5. The van der Waals surface area contributed by atoms with Crippen LogP contribution in [0.5, 0.6) is 0 Å². The lowest BCUT2D eigenvalue weighted by atomic mass is 10.2. The number of carbonyl (C=O) groups excluding carboxylic acids is 1. The van der Waals surface area contributed by atoms with Gasteiger partial charge in [0.2, 0.25) is 0 Å². The van der Waals surface area contributed by atoms with Crippen LogP contribution in [0.4, 0.5) is 4.79 Å². The standard InChI is InChI=1S/C10H19N3O6S/c1-13(2,3)7-8(6-9(14)15)11-20(17,18)12-4-5-19-10(12)16/h8,11H,4-7H2,1-3H3/p+1/t8-/m1/s1. The topological polar surface area (TPSA) is 113 Å². The van der Waals surface area contributed by atoms with Crippen molar-refractivity contribution < 1.29 is 32.3 Å². The Balaban J connectivity index is 2.82. The highest BCUT2D eigenvalue weighted by atomic mass is 32.2. The summed E-state index contributed by atoms with van der Waals surface area (Å²) >= 11 is 0. The van der Waals surface area contributed by atoms with Gasteiger partial charge >= 0.3 is 22.3 Å². The molecule has 0 aliphatic carbocycles. The summed E-state index contributed by atoms with van der Waals surface area (Å²) in [7, 11) is 1.35. The van der Waals surface area contributed by atoms with Crippen molar-refractivity contribution in [2.24, 2.45) is 0 Å². The van der Waals surface area contributed by atoms with Crippen LogP contribution in [0.2, 0.25) is 0 Å². The minimum absolute atomic E-state index is 0.00132. The summed E-state index contributed by atoms with van der Waals surface area (Å²) in [5.41, 5.74) is 0. The van der Waals surface area contributed by atoms with Crippen molar-refractivity contribution >= 4 is 22.3 Å². The summed E-state index contributed by atoms with van der Waals surface area (Å²) in [6.07, 6.45) is -1.31. The smallest absolute Gasteiger partial charge is 0.424 e. The molecule has 2 N–H and O–H groups in total. The van der Waals surface area contributed by atoms with E-state index in [1.165, 1.54) is 0 Å². The van der Waals surface area contributed by atoms with E-state index in [0.29, 0.717) is 8.79 Å². The zero-order chi connectivity index (χ0) is 15.6. The second-order valence-corrected chi connectivity index (χ2v) is 7.20. The maximum Gasteiger partial charge on any atom is 0.424 e.